The molecule has 0 saturated heterocycles. The summed E-state index contributed by atoms with van der Waals surface area (Å²) in [4.78, 5) is 32.0. The lowest BCUT2D eigenvalue weighted by Gasteiger charge is -2.07. The van der Waals surface area contributed by atoms with Crippen LogP contribution in [0.15, 0.2) is 24.3 Å². The molecule has 3 N–H and O–H groups in total. The number of para-hydroxylation sites is 2. The lowest BCUT2D eigenvalue weighted by Crippen LogP contribution is -2.31. The summed E-state index contributed by atoms with van der Waals surface area (Å²) in [7, 11) is 0. The third kappa shape index (κ3) is 6.61. The van der Waals surface area contributed by atoms with E-state index in [9.17, 15) is 19.7 Å². The van der Waals surface area contributed by atoms with E-state index >= 15 is 0 Å². The summed E-state index contributed by atoms with van der Waals surface area (Å²) in [5.74, 6) is -0.734. The number of nitrogens with zero attached hydrogens (tertiary/aromatic N) is 1. The van der Waals surface area contributed by atoms with Crippen molar-refractivity contribution < 1.29 is 19.6 Å². The summed E-state index contributed by atoms with van der Waals surface area (Å²) in [6.07, 6.45) is 0. The molecule has 21 heavy (non-hydrogen) atoms. The molecule has 1 aromatic rings. The molecule has 1 amide bonds. The van der Waals surface area contributed by atoms with Crippen LogP contribution in [0.2, 0.25) is 0 Å². The molecule has 0 fully saturated rings. The standard InChI is InChI=1S/C12H15N3O5S/c16-11(13-5-6-21-8-12(17)18)7-14-9-3-1-2-4-10(9)15(19)20/h1-4,14H,5-8H2,(H,13,16)(H,17,18). The van der Waals surface area contributed by atoms with Gasteiger partial charge >= 0.3 is 5.97 Å². The molecule has 0 saturated carbocycles. The number of nitrogens with one attached hydrogen (secondary N) is 2. The Morgan fingerprint density at radius 2 is 2.05 bits per heavy atom. The predicted octanol–water partition coefficient (Wildman–Crippen LogP) is 0.941. The number of nitro groups is 1. The van der Waals surface area contributed by atoms with Gasteiger partial charge in [0.15, 0.2) is 0 Å². The molecule has 0 bridgehead atoms. The molecule has 0 spiro atoms. The van der Waals surface area contributed by atoms with Gasteiger partial charge < -0.3 is 15.7 Å². The number of carboxylic acids is 1. The van der Waals surface area contributed by atoms with E-state index in [-0.39, 0.29) is 29.6 Å². The van der Waals surface area contributed by atoms with Gasteiger partial charge in [-0.1, -0.05) is 12.1 Å². The van der Waals surface area contributed by atoms with Crippen molar-refractivity contribution in [2.75, 3.05) is 29.9 Å². The summed E-state index contributed by atoms with van der Waals surface area (Å²) in [5, 5.41) is 24.5. The van der Waals surface area contributed by atoms with E-state index in [1.807, 2.05) is 0 Å². The van der Waals surface area contributed by atoms with Crippen molar-refractivity contribution in [3.05, 3.63) is 34.4 Å². The normalized spacial score (nSPS) is 9.90. The second kappa shape index (κ2) is 8.80. The quantitative estimate of drug-likeness (QED) is 0.352. The Balaban J connectivity index is 2.30. The van der Waals surface area contributed by atoms with Gasteiger partial charge in [-0.25, -0.2) is 0 Å². The van der Waals surface area contributed by atoms with E-state index in [0.29, 0.717) is 12.3 Å². The zero-order chi connectivity index (χ0) is 15.7. The van der Waals surface area contributed by atoms with Crippen LogP contribution in [0.1, 0.15) is 0 Å². The van der Waals surface area contributed by atoms with E-state index < -0.39 is 10.9 Å². The highest BCUT2D eigenvalue weighted by Gasteiger charge is 2.12. The van der Waals surface area contributed by atoms with Crippen molar-refractivity contribution in [2.45, 2.75) is 0 Å². The molecule has 9 heteroatoms. The minimum atomic E-state index is -0.899. The monoisotopic (exact) mass is 313 g/mol. The maximum Gasteiger partial charge on any atom is 0.313 e. The van der Waals surface area contributed by atoms with Crippen LogP contribution < -0.4 is 10.6 Å². The molecule has 0 aromatic heterocycles. The number of hydrogen-bond acceptors (Lipinski definition) is 6. The molecule has 8 nitrogen and oxygen atoms in total. The number of rotatable bonds is 9. The topological polar surface area (TPSA) is 122 Å². The van der Waals surface area contributed by atoms with Gasteiger partial charge in [0.2, 0.25) is 5.91 Å². The van der Waals surface area contributed by atoms with Crippen molar-refractivity contribution in [2.24, 2.45) is 0 Å². The number of aliphatic carboxylic acids is 1. The van der Waals surface area contributed by atoms with E-state index in [1.54, 1.807) is 12.1 Å². The van der Waals surface area contributed by atoms with Crippen LogP contribution in [0.4, 0.5) is 11.4 Å². The second-order valence-corrected chi connectivity index (χ2v) is 5.03. The average molecular weight is 313 g/mol. The molecule has 0 unspecified atom stereocenters. The molecule has 1 rings (SSSR count). The number of carboxylic acid groups (broad SMARTS) is 1. The van der Waals surface area contributed by atoms with Crippen LogP contribution >= 0.6 is 11.8 Å². The van der Waals surface area contributed by atoms with Gasteiger partial charge in [-0.2, -0.15) is 0 Å². The summed E-state index contributed by atoms with van der Waals surface area (Å²) in [5.41, 5.74) is 0.181. The molecule has 0 aliphatic heterocycles. The Hall–Kier alpha value is -2.29. The SMILES string of the molecule is O=C(O)CSCCNC(=O)CNc1ccccc1[N+](=O)[O-]. The van der Waals surface area contributed by atoms with Crippen LogP contribution in [-0.4, -0.2) is 46.5 Å². The first kappa shape index (κ1) is 16.8. The number of anilines is 1. The minimum absolute atomic E-state index is 0.00959. The highest BCUT2D eigenvalue weighted by atomic mass is 32.2. The smallest absolute Gasteiger partial charge is 0.313 e. The lowest BCUT2D eigenvalue weighted by atomic mass is 10.2. The van der Waals surface area contributed by atoms with Crippen molar-refractivity contribution in [1.29, 1.82) is 0 Å². The molecule has 114 valence electrons. The molecule has 0 radical (unpaired) electrons. The Morgan fingerprint density at radius 3 is 2.71 bits per heavy atom. The lowest BCUT2D eigenvalue weighted by molar-refractivity contribution is -0.383. The average Bonchev–Trinajstić information content (AvgIpc) is 2.44. The molecule has 0 aliphatic carbocycles. The van der Waals surface area contributed by atoms with Gasteiger partial charge in [-0.3, -0.25) is 19.7 Å². The number of thioether (sulfide) groups is 1. The second-order valence-electron chi connectivity index (χ2n) is 3.92. The van der Waals surface area contributed by atoms with Gasteiger partial charge in [0.1, 0.15) is 5.69 Å². The van der Waals surface area contributed by atoms with E-state index in [1.165, 1.54) is 23.9 Å². The maximum absolute atomic E-state index is 11.5. The maximum atomic E-state index is 11.5. The summed E-state index contributed by atoms with van der Waals surface area (Å²) < 4.78 is 0. The van der Waals surface area contributed by atoms with Crippen LogP contribution in [0.25, 0.3) is 0 Å². The minimum Gasteiger partial charge on any atom is -0.481 e. The Labute approximate surface area is 125 Å². The zero-order valence-electron chi connectivity index (χ0n) is 11.1. The molecule has 0 aliphatic rings. The Bertz CT molecular complexity index is 523. The van der Waals surface area contributed by atoms with E-state index in [2.05, 4.69) is 10.6 Å². The summed E-state index contributed by atoms with van der Waals surface area (Å²) in [6, 6.07) is 6.05. The molecule has 0 heterocycles. The van der Waals surface area contributed by atoms with Crippen molar-refractivity contribution in [3.8, 4) is 0 Å². The number of carbonyl (C=O) groups excluding carboxylic acids is 1. The molecule has 0 atom stereocenters. The van der Waals surface area contributed by atoms with Crippen LogP contribution in [0, 0.1) is 10.1 Å². The van der Waals surface area contributed by atoms with E-state index in [0.717, 1.165) is 0 Å². The van der Waals surface area contributed by atoms with Gasteiger partial charge in [0.05, 0.1) is 17.2 Å². The number of nitro benzene ring substituents is 1. The number of amides is 1. The third-order valence-electron chi connectivity index (χ3n) is 2.33. The highest BCUT2D eigenvalue weighted by Crippen LogP contribution is 2.22. The Morgan fingerprint density at radius 1 is 1.33 bits per heavy atom. The predicted molar refractivity (Wildman–Crippen MR) is 79.6 cm³/mol. The fourth-order valence-electron chi connectivity index (χ4n) is 1.44. The van der Waals surface area contributed by atoms with E-state index in [4.69, 9.17) is 5.11 Å². The summed E-state index contributed by atoms with van der Waals surface area (Å²) >= 11 is 1.20. The first-order chi connectivity index (χ1) is 10.0. The van der Waals surface area contributed by atoms with Gasteiger partial charge in [0, 0.05) is 18.4 Å². The van der Waals surface area contributed by atoms with Gasteiger partial charge in [0.25, 0.3) is 5.69 Å². The van der Waals surface area contributed by atoms with Crippen LogP contribution in [-0.2, 0) is 9.59 Å². The van der Waals surface area contributed by atoms with Crippen molar-refractivity contribution >= 4 is 35.0 Å². The first-order valence-electron chi connectivity index (χ1n) is 6.04. The fraction of sp³-hybridized carbons (Fsp3) is 0.333. The third-order valence-corrected chi connectivity index (χ3v) is 3.28. The molecular weight excluding hydrogens is 298 g/mol. The number of carbonyl (C=O) groups is 2. The van der Waals surface area contributed by atoms with Crippen molar-refractivity contribution in [1.82, 2.24) is 5.32 Å². The van der Waals surface area contributed by atoms with Crippen molar-refractivity contribution in [3.63, 3.8) is 0 Å². The Kier molecular flexibility index (Phi) is 7.02. The van der Waals surface area contributed by atoms with Crippen LogP contribution in [0.5, 0.6) is 0 Å². The first-order valence-corrected chi connectivity index (χ1v) is 7.19. The largest absolute Gasteiger partial charge is 0.481 e. The number of benzene rings is 1. The van der Waals surface area contributed by atoms with Gasteiger partial charge in [-0.15, -0.1) is 11.8 Å². The fourth-order valence-corrected chi connectivity index (χ4v) is 2.01. The molecular formula is C12H15N3O5S. The number of hydrogen-bond donors (Lipinski definition) is 3. The molecule has 1 aromatic carbocycles. The van der Waals surface area contributed by atoms with Crippen LogP contribution in [0.3, 0.4) is 0 Å². The van der Waals surface area contributed by atoms with Gasteiger partial charge in [-0.05, 0) is 6.07 Å². The highest BCUT2D eigenvalue weighted by molar-refractivity contribution is 7.99. The zero-order valence-corrected chi connectivity index (χ0v) is 11.9. The summed E-state index contributed by atoms with van der Waals surface area (Å²) in [6.45, 7) is 0.254.